The molecule has 6 nitrogen and oxygen atoms in total. The van der Waals surface area contributed by atoms with Crippen molar-refractivity contribution in [3.05, 3.63) is 102 Å². The van der Waals surface area contributed by atoms with Gasteiger partial charge in [-0.1, -0.05) is 54.6 Å². The number of aliphatic hydroxyl groups is 1. The van der Waals surface area contributed by atoms with Gasteiger partial charge in [-0.05, 0) is 29.8 Å². The van der Waals surface area contributed by atoms with Crippen LogP contribution in [0, 0.1) is 0 Å². The topological polar surface area (TPSA) is 73.7 Å². The van der Waals surface area contributed by atoms with E-state index < -0.39 is 5.54 Å². The Bertz CT molecular complexity index is 1100. The first-order chi connectivity index (χ1) is 15.6. The first kappa shape index (κ1) is 20.4. The molecule has 3 aromatic rings. The summed E-state index contributed by atoms with van der Waals surface area (Å²) in [5, 5.41) is 10.2. The Morgan fingerprint density at radius 1 is 0.938 bits per heavy atom. The summed E-state index contributed by atoms with van der Waals surface area (Å²) in [7, 11) is 0. The first-order valence-corrected chi connectivity index (χ1v) is 10.9. The lowest BCUT2D eigenvalue weighted by atomic mass is 9.60. The van der Waals surface area contributed by atoms with E-state index in [1.165, 1.54) is 0 Å². The number of aliphatic hydroxyl groups excluding tert-OH is 1. The molecule has 2 saturated heterocycles. The first-order valence-electron chi connectivity index (χ1n) is 10.9. The molecule has 0 saturated carbocycles. The van der Waals surface area contributed by atoms with Gasteiger partial charge in [-0.25, -0.2) is 0 Å². The highest BCUT2D eigenvalue weighted by atomic mass is 16.3. The SMILES string of the molecule is O=C(Cc1ccccn1)N1CC2(C1)[C@H](c1ccccc1)[C@H](CO)N2C(=O)c1ccccc1. The molecule has 0 bridgehead atoms. The number of likely N-dealkylation sites (tertiary alicyclic amines) is 2. The highest BCUT2D eigenvalue weighted by Crippen LogP contribution is 2.54. The number of carbonyl (C=O) groups excluding carboxylic acids is 2. The van der Waals surface area contributed by atoms with Crippen molar-refractivity contribution in [2.24, 2.45) is 0 Å². The minimum atomic E-state index is -0.512. The lowest BCUT2D eigenvalue weighted by Crippen LogP contribution is -2.86. The molecular formula is C26H25N3O3. The van der Waals surface area contributed by atoms with Crippen LogP contribution < -0.4 is 0 Å². The predicted octanol–water partition coefficient (Wildman–Crippen LogP) is 2.51. The van der Waals surface area contributed by atoms with Crippen molar-refractivity contribution < 1.29 is 14.7 Å². The van der Waals surface area contributed by atoms with E-state index in [1.807, 2.05) is 71.6 Å². The van der Waals surface area contributed by atoms with Crippen molar-refractivity contribution in [3.8, 4) is 0 Å². The standard InChI is InChI=1S/C26H25N3O3/c30-16-22-24(19-9-3-1-4-10-19)26(29(22)25(32)20-11-5-2-6-12-20)17-28(18-26)23(31)15-21-13-7-8-14-27-21/h1-14,22,24,30H,15-18H2/t22-,24+/m0/s1. The molecule has 2 aliphatic rings. The number of hydrogen-bond acceptors (Lipinski definition) is 4. The molecule has 2 aliphatic heterocycles. The summed E-state index contributed by atoms with van der Waals surface area (Å²) < 4.78 is 0. The van der Waals surface area contributed by atoms with E-state index in [4.69, 9.17) is 0 Å². The molecule has 6 heteroatoms. The molecule has 162 valence electrons. The van der Waals surface area contributed by atoms with Gasteiger partial charge in [0.25, 0.3) is 5.91 Å². The third-order valence-electron chi connectivity index (χ3n) is 6.70. The van der Waals surface area contributed by atoms with E-state index in [0.29, 0.717) is 18.7 Å². The minimum absolute atomic E-state index is 0.000644. The van der Waals surface area contributed by atoms with Gasteiger partial charge in [0, 0.05) is 36.5 Å². The number of benzene rings is 2. The second-order valence-corrected chi connectivity index (χ2v) is 8.53. The Kier molecular flexibility index (Phi) is 5.23. The molecule has 2 fully saturated rings. The van der Waals surface area contributed by atoms with Crippen molar-refractivity contribution in [3.63, 3.8) is 0 Å². The van der Waals surface area contributed by atoms with Crippen LogP contribution in [0.2, 0.25) is 0 Å². The predicted molar refractivity (Wildman–Crippen MR) is 120 cm³/mol. The average Bonchev–Trinajstić information content (AvgIpc) is 2.79. The third-order valence-corrected chi connectivity index (χ3v) is 6.70. The van der Waals surface area contributed by atoms with Crippen molar-refractivity contribution in [2.75, 3.05) is 19.7 Å². The Morgan fingerprint density at radius 3 is 2.22 bits per heavy atom. The van der Waals surface area contributed by atoms with Gasteiger partial charge < -0.3 is 14.9 Å². The monoisotopic (exact) mass is 427 g/mol. The van der Waals surface area contributed by atoms with Crippen LogP contribution in [0.5, 0.6) is 0 Å². The number of nitrogens with zero attached hydrogens (tertiary/aromatic N) is 3. The maximum absolute atomic E-state index is 13.5. The van der Waals surface area contributed by atoms with E-state index in [9.17, 15) is 14.7 Å². The molecule has 0 aliphatic carbocycles. The van der Waals surface area contributed by atoms with Crippen LogP contribution in [0.3, 0.4) is 0 Å². The summed E-state index contributed by atoms with van der Waals surface area (Å²) in [5.41, 5.74) is 1.90. The van der Waals surface area contributed by atoms with Crippen LogP contribution in [0.1, 0.15) is 27.5 Å². The Labute approximate surface area is 187 Å². The van der Waals surface area contributed by atoms with Crippen molar-refractivity contribution in [1.82, 2.24) is 14.8 Å². The zero-order chi connectivity index (χ0) is 22.1. The number of carbonyl (C=O) groups is 2. The molecule has 1 N–H and O–H groups in total. The van der Waals surface area contributed by atoms with Gasteiger partial charge in [0.1, 0.15) is 0 Å². The van der Waals surface area contributed by atoms with Crippen LogP contribution in [0.4, 0.5) is 0 Å². The number of amides is 2. The van der Waals surface area contributed by atoms with Gasteiger partial charge in [0.05, 0.1) is 24.6 Å². The normalized spacial score (nSPS) is 21.0. The number of pyridine rings is 1. The van der Waals surface area contributed by atoms with Gasteiger partial charge in [-0.2, -0.15) is 0 Å². The van der Waals surface area contributed by atoms with Crippen LogP contribution in [-0.4, -0.2) is 63.0 Å². The largest absolute Gasteiger partial charge is 0.394 e. The van der Waals surface area contributed by atoms with E-state index in [2.05, 4.69) is 4.98 Å². The second-order valence-electron chi connectivity index (χ2n) is 8.53. The lowest BCUT2D eigenvalue weighted by Gasteiger charge is -2.70. The van der Waals surface area contributed by atoms with Gasteiger partial charge in [-0.3, -0.25) is 14.6 Å². The van der Waals surface area contributed by atoms with Crippen molar-refractivity contribution in [1.29, 1.82) is 0 Å². The molecule has 1 aromatic heterocycles. The fourth-order valence-electron chi connectivity index (χ4n) is 5.27. The molecule has 3 heterocycles. The number of rotatable bonds is 5. The van der Waals surface area contributed by atoms with Crippen LogP contribution in [0.25, 0.3) is 0 Å². The highest BCUT2D eigenvalue weighted by Gasteiger charge is 2.68. The second kappa shape index (κ2) is 8.20. The quantitative estimate of drug-likeness (QED) is 0.679. The summed E-state index contributed by atoms with van der Waals surface area (Å²) in [5.74, 6) is -0.130. The Balaban J connectivity index is 1.42. The molecule has 2 amide bonds. The lowest BCUT2D eigenvalue weighted by molar-refractivity contribution is -0.178. The fraction of sp³-hybridized carbons (Fsp3) is 0.269. The smallest absolute Gasteiger partial charge is 0.254 e. The number of hydrogen-bond donors (Lipinski definition) is 1. The van der Waals surface area contributed by atoms with E-state index in [-0.39, 0.29) is 36.8 Å². The van der Waals surface area contributed by atoms with Crippen LogP contribution in [0.15, 0.2) is 85.1 Å². The van der Waals surface area contributed by atoms with Crippen molar-refractivity contribution >= 4 is 11.8 Å². The number of aromatic nitrogens is 1. The van der Waals surface area contributed by atoms with Gasteiger partial charge >= 0.3 is 0 Å². The van der Waals surface area contributed by atoms with Gasteiger partial charge in [0.15, 0.2) is 0 Å². The Hall–Kier alpha value is -3.51. The maximum atomic E-state index is 13.5. The van der Waals surface area contributed by atoms with Crippen LogP contribution in [-0.2, 0) is 11.2 Å². The molecule has 32 heavy (non-hydrogen) atoms. The zero-order valence-electron chi connectivity index (χ0n) is 17.7. The van der Waals surface area contributed by atoms with Gasteiger partial charge in [0.2, 0.25) is 5.91 Å². The Morgan fingerprint density at radius 2 is 1.59 bits per heavy atom. The summed E-state index contributed by atoms with van der Waals surface area (Å²) in [4.78, 5) is 34.2. The fourth-order valence-corrected chi connectivity index (χ4v) is 5.27. The molecule has 1 spiro atoms. The molecule has 0 unspecified atom stereocenters. The summed E-state index contributed by atoms with van der Waals surface area (Å²) in [6.07, 6.45) is 1.92. The highest BCUT2D eigenvalue weighted by molar-refractivity contribution is 5.96. The zero-order valence-corrected chi connectivity index (χ0v) is 17.7. The van der Waals surface area contributed by atoms with Crippen LogP contribution >= 0.6 is 0 Å². The summed E-state index contributed by atoms with van der Waals surface area (Å²) in [6.45, 7) is 0.780. The molecule has 2 atom stereocenters. The maximum Gasteiger partial charge on any atom is 0.254 e. The molecular weight excluding hydrogens is 402 g/mol. The molecule has 0 radical (unpaired) electrons. The van der Waals surface area contributed by atoms with E-state index in [1.54, 1.807) is 23.2 Å². The third kappa shape index (κ3) is 3.28. The van der Waals surface area contributed by atoms with Crippen molar-refractivity contribution in [2.45, 2.75) is 23.9 Å². The van der Waals surface area contributed by atoms with Gasteiger partial charge in [-0.15, -0.1) is 0 Å². The summed E-state index contributed by atoms with van der Waals surface area (Å²) >= 11 is 0. The average molecular weight is 428 g/mol. The summed E-state index contributed by atoms with van der Waals surface area (Å²) in [6, 6.07) is 24.3. The van der Waals surface area contributed by atoms with E-state index >= 15 is 0 Å². The minimum Gasteiger partial charge on any atom is -0.394 e. The molecule has 5 rings (SSSR count). The van der Waals surface area contributed by atoms with E-state index in [0.717, 1.165) is 11.3 Å². The molecule has 2 aromatic carbocycles.